The SMILES string of the molecule is CCCCc1ccc2oc(CNC)c(CC)c2c1. The van der Waals surface area contributed by atoms with Crippen molar-refractivity contribution in [3.05, 3.63) is 35.1 Å². The minimum Gasteiger partial charge on any atom is -0.459 e. The summed E-state index contributed by atoms with van der Waals surface area (Å²) in [6.45, 7) is 5.24. The van der Waals surface area contributed by atoms with E-state index >= 15 is 0 Å². The summed E-state index contributed by atoms with van der Waals surface area (Å²) in [4.78, 5) is 0. The van der Waals surface area contributed by atoms with E-state index in [-0.39, 0.29) is 0 Å². The molecule has 2 aromatic rings. The van der Waals surface area contributed by atoms with Crippen LogP contribution in [0.5, 0.6) is 0 Å². The van der Waals surface area contributed by atoms with E-state index in [1.54, 1.807) is 0 Å². The molecule has 0 saturated heterocycles. The fourth-order valence-electron chi connectivity index (χ4n) is 2.47. The van der Waals surface area contributed by atoms with Crippen LogP contribution < -0.4 is 5.32 Å². The van der Waals surface area contributed by atoms with Crippen molar-refractivity contribution in [3.63, 3.8) is 0 Å². The summed E-state index contributed by atoms with van der Waals surface area (Å²) < 4.78 is 5.93. The minimum absolute atomic E-state index is 0.808. The lowest BCUT2D eigenvalue weighted by molar-refractivity contribution is 0.524. The van der Waals surface area contributed by atoms with Crippen molar-refractivity contribution < 1.29 is 4.42 Å². The van der Waals surface area contributed by atoms with Crippen molar-refractivity contribution in [2.24, 2.45) is 0 Å². The van der Waals surface area contributed by atoms with Crippen LogP contribution in [0.4, 0.5) is 0 Å². The van der Waals surface area contributed by atoms with Crippen LogP contribution in [0.2, 0.25) is 0 Å². The van der Waals surface area contributed by atoms with Crippen molar-refractivity contribution in [2.75, 3.05) is 7.05 Å². The number of furan rings is 1. The lowest BCUT2D eigenvalue weighted by Gasteiger charge is -2.01. The predicted molar refractivity (Wildman–Crippen MR) is 77.0 cm³/mol. The molecule has 0 amide bonds. The first kappa shape index (κ1) is 13.2. The van der Waals surface area contributed by atoms with Gasteiger partial charge in [-0.1, -0.05) is 26.3 Å². The van der Waals surface area contributed by atoms with E-state index in [0.717, 1.165) is 24.3 Å². The first-order valence-electron chi connectivity index (χ1n) is 6.97. The van der Waals surface area contributed by atoms with Gasteiger partial charge in [0.1, 0.15) is 11.3 Å². The smallest absolute Gasteiger partial charge is 0.134 e. The molecule has 1 aromatic heterocycles. The number of nitrogens with one attached hydrogen (secondary N) is 1. The molecule has 2 heteroatoms. The Morgan fingerprint density at radius 2 is 2.06 bits per heavy atom. The molecule has 0 spiro atoms. The second-order valence-electron chi connectivity index (χ2n) is 4.82. The van der Waals surface area contributed by atoms with Gasteiger partial charge < -0.3 is 9.73 Å². The molecular weight excluding hydrogens is 222 g/mol. The number of benzene rings is 1. The molecule has 2 nitrogen and oxygen atoms in total. The van der Waals surface area contributed by atoms with Gasteiger partial charge in [-0.2, -0.15) is 0 Å². The van der Waals surface area contributed by atoms with Gasteiger partial charge in [-0.15, -0.1) is 0 Å². The Balaban J connectivity index is 2.40. The predicted octanol–water partition coefficient (Wildman–Crippen LogP) is 4.06. The molecule has 0 atom stereocenters. The number of hydrogen-bond donors (Lipinski definition) is 1. The summed E-state index contributed by atoms with van der Waals surface area (Å²) in [5, 5.41) is 4.48. The number of rotatable bonds is 6. The maximum absolute atomic E-state index is 5.93. The quantitative estimate of drug-likeness (QED) is 0.830. The van der Waals surface area contributed by atoms with Gasteiger partial charge in [0.05, 0.1) is 6.54 Å². The van der Waals surface area contributed by atoms with Gasteiger partial charge in [0, 0.05) is 10.9 Å². The second kappa shape index (κ2) is 6.05. The first-order valence-corrected chi connectivity index (χ1v) is 6.97. The molecule has 98 valence electrons. The van der Waals surface area contributed by atoms with Crippen LogP contribution in [0.3, 0.4) is 0 Å². The van der Waals surface area contributed by atoms with E-state index in [4.69, 9.17) is 4.42 Å². The number of aryl methyl sites for hydroxylation is 2. The molecule has 0 aliphatic carbocycles. The molecule has 0 radical (unpaired) electrons. The highest BCUT2D eigenvalue weighted by molar-refractivity contribution is 5.83. The Bertz CT molecular complexity index is 513. The largest absolute Gasteiger partial charge is 0.459 e. The lowest BCUT2D eigenvalue weighted by Crippen LogP contribution is -2.05. The monoisotopic (exact) mass is 245 g/mol. The Labute approximate surface area is 109 Å². The van der Waals surface area contributed by atoms with E-state index in [9.17, 15) is 0 Å². The third-order valence-electron chi connectivity index (χ3n) is 3.45. The van der Waals surface area contributed by atoms with Crippen LogP contribution in [0.15, 0.2) is 22.6 Å². The topological polar surface area (TPSA) is 25.2 Å². The third-order valence-corrected chi connectivity index (χ3v) is 3.45. The van der Waals surface area contributed by atoms with Crippen LogP contribution in [0.25, 0.3) is 11.0 Å². The number of fused-ring (bicyclic) bond motifs is 1. The van der Waals surface area contributed by atoms with Crippen molar-refractivity contribution in [3.8, 4) is 0 Å². The molecule has 0 fully saturated rings. The van der Waals surface area contributed by atoms with Gasteiger partial charge >= 0.3 is 0 Å². The molecule has 0 bridgehead atoms. The third kappa shape index (κ3) is 2.59. The van der Waals surface area contributed by atoms with Gasteiger partial charge in [0.15, 0.2) is 0 Å². The molecule has 18 heavy (non-hydrogen) atoms. The highest BCUT2D eigenvalue weighted by Crippen LogP contribution is 2.28. The molecule has 1 aromatic carbocycles. The Morgan fingerprint density at radius 3 is 2.72 bits per heavy atom. The van der Waals surface area contributed by atoms with Crippen molar-refractivity contribution in [2.45, 2.75) is 46.1 Å². The van der Waals surface area contributed by atoms with Gasteiger partial charge in [-0.25, -0.2) is 0 Å². The first-order chi connectivity index (χ1) is 8.80. The van der Waals surface area contributed by atoms with Gasteiger partial charge in [0.25, 0.3) is 0 Å². The Kier molecular flexibility index (Phi) is 4.43. The molecule has 0 saturated carbocycles. The molecule has 1 N–H and O–H groups in total. The minimum atomic E-state index is 0.808. The highest BCUT2D eigenvalue weighted by atomic mass is 16.3. The molecule has 0 unspecified atom stereocenters. The molecule has 2 rings (SSSR count). The molecule has 0 aliphatic heterocycles. The molecule has 1 heterocycles. The Hall–Kier alpha value is -1.28. The van der Waals surface area contributed by atoms with Crippen LogP contribution in [0, 0.1) is 0 Å². The highest BCUT2D eigenvalue weighted by Gasteiger charge is 2.12. The van der Waals surface area contributed by atoms with Crippen LogP contribution in [0.1, 0.15) is 43.6 Å². The summed E-state index contributed by atoms with van der Waals surface area (Å²) in [5.41, 5.74) is 3.81. The maximum atomic E-state index is 5.93. The van der Waals surface area contributed by atoms with Crippen LogP contribution >= 0.6 is 0 Å². The van der Waals surface area contributed by atoms with E-state index in [2.05, 4.69) is 37.4 Å². The zero-order chi connectivity index (χ0) is 13.0. The molecular formula is C16H23NO. The lowest BCUT2D eigenvalue weighted by atomic mass is 10.0. The van der Waals surface area contributed by atoms with E-state index < -0.39 is 0 Å². The molecule has 0 aliphatic rings. The van der Waals surface area contributed by atoms with Crippen molar-refractivity contribution in [1.82, 2.24) is 5.32 Å². The summed E-state index contributed by atoms with van der Waals surface area (Å²) in [6.07, 6.45) is 4.70. The van der Waals surface area contributed by atoms with Gasteiger partial charge in [0.2, 0.25) is 0 Å². The normalized spacial score (nSPS) is 11.3. The fraction of sp³-hybridized carbons (Fsp3) is 0.500. The second-order valence-corrected chi connectivity index (χ2v) is 4.82. The van der Waals surface area contributed by atoms with Crippen LogP contribution in [-0.2, 0) is 19.4 Å². The number of unbranched alkanes of at least 4 members (excludes halogenated alkanes) is 1. The van der Waals surface area contributed by atoms with E-state index in [1.165, 1.54) is 35.8 Å². The summed E-state index contributed by atoms with van der Waals surface area (Å²) in [5.74, 6) is 1.09. The average Bonchev–Trinajstić information content (AvgIpc) is 2.73. The fourth-order valence-corrected chi connectivity index (χ4v) is 2.47. The number of hydrogen-bond acceptors (Lipinski definition) is 2. The van der Waals surface area contributed by atoms with Gasteiger partial charge in [-0.3, -0.25) is 0 Å². The van der Waals surface area contributed by atoms with E-state index in [1.807, 2.05) is 7.05 Å². The standard InChI is InChI=1S/C16H23NO/c1-4-6-7-12-8-9-15-14(10-12)13(5-2)16(18-15)11-17-3/h8-10,17H,4-7,11H2,1-3H3. The summed E-state index contributed by atoms with van der Waals surface area (Å²) >= 11 is 0. The zero-order valence-electron chi connectivity index (χ0n) is 11.7. The zero-order valence-corrected chi connectivity index (χ0v) is 11.7. The summed E-state index contributed by atoms with van der Waals surface area (Å²) in [6, 6.07) is 6.63. The Morgan fingerprint density at radius 1 is 1.22 bits per heavy atom. The van der Waals surface area contributed by atoms with Crippen molar-refractivity contribution in [1.29, 1.82) is 0 Å². The summed E-state index contributed by atoms with van der Waals surface area (Å²) in [7, 11) is 1.96. The van der Waals surface area contributed by atoms with Crippen LogP contribution in [-0.4, -0.2) is 7.05 Å². The average molecular weight is 245 g/mol. The van der Waals surface area contributed by atoms with Gasteiger partial charge in [-0.05, 0) is 44.0 Å². The maximum Gasteiger partial charge on any atom is 0.134 e. The van der Waals surface area contributed by atoms with E-state index in [0.29, 0.717) is 0 Å². The van der Waals surface area contributed by atoms with Crippen molar-refractivity contribution >= 4 is 11.0 Å².